The van der Waals surface area contributed by atoms with Gasteiger partial charge >= 0.3 is 0 Å². The summed E-state index contributed by atoms with van der Waals surface area (Å²) in [7, 11) is 3.76. The van der Waals surface area contributed by atoms with Gasteiger partial charge in [0.25, 0.3) is 0 Å². The first kappa shape index (κ1) is 21.3. The second kappa shape index (κ2) is 9.78. The van der Waals surface area contributed by atoms with Crippen molar-refractivity contribution in [3.8, 4) is 5.75 Å². The van der Waals surface area contributed by atoms with E-state index in [0.717, 1.165) is 28.3 Å². The fraction of sp³-hybridized carbons (Fsp3) is 0.500. The lowest BCUT2D eigenvalue weighted by atomic mass is 10.1. The Labute approximate surface area is 170 Å². The van der Waals surface area contributed by atoms with Gasteiger partial charge in [0.05, 0.1) is 16.7 Å². The van der Waals surface area contributed by atoms with Gasteiger partial charge in [0, 0.05) is 25.8 Å². The maximum Gasteiger partial charge on any atom is 0.191 e. The number of rotatable bonds is 7. The van der Waals surface area contributed by atoms with Crippen LogP contribution in [0.15, 0.2) is 33.7 Å². The summed E-state index contributed by atoms with van der Waals surface area (Å²) in [6.45, 7) is 9.00. The van der Waals surface area contributed by atoms with Gasteiger partial charge in [-0.15, -0.1) is 0 Å². The molecule has 2 atom stereocenters. The average Bonchev–Trinajstić information content (AvgIpc) is 2.86. The zero-order valence-electron chi connectivity index (χ0n) is 17.0. The van der Waals surface area contributed by atoms with Crippen molar-refractivity contribution in [2.75, 3.05) is 13.6 Å². The van der Waals surface area contributed by atoms with E-state index in [1.165, 1.54) is 11.3 Å². The normalized spacial score (nSPS) is 14.0. The first-order valence-corrected chi connectivity index (χ1v) is 9.98. The molecule has 2 N–H and O–H groups in total. The highest BCUT2D eigenvalue weighted by molar-refractivity contribution is 9.10. The topological polar surface area (TPSA) is 63.5 Å². The Morgan fingerprint density at radius 1 is 1.30 bits per heavy atom. The highest BCUT2D eigenvalue weighted by Gasteiger charge is 2.14. The number of hydrogen-bond donors (Lipinski definition) is 2. The van der Waals surface area contributed by atoms with Crippen LogP contribution in [0, 0.1) is 13.8 Å². The van der Waals surface area contributed by atoms with Crippen LogP contribution in [0.3, 0.4) is 0 Å². The summed E-state index contributed by atoms with van der Waals surface area (Å²) in [6.07, 6.45) is 0.898. The molecule has 0 radical (unpaired) electrons. The standard InChI is InChI=1S/C20H30BrN5O/c1-13(11-17-15(3)25-26(6)16(17)4)24-20(22-5)23-12-14(2)27-19-10-8-7-9-18(19)21/h7-10,13-14H,11-12H2,1-6H3,(H2,22,23,24). The first-order valence-electron chi connectivity index (χ1n) is 9.19. The van der Waals surface area contributed by atoms with E-state index in [9.17, 15) is 0 Å². The first-order chi connectivity index (χ1) is 12.8. The van der Waals surface area contributed by atoms with Crippen LogP contribution in [-0.2, 0) is 13.5 Å². The third-order valence-electron chi connectivity index (χ3n) is 4.50. The monoisotopic (exact) mass is 435 g/mol. The number of aliphatic imine (C=N–C) groups is 1. The predicted octanol–water partition coefficient (Wildman–Crippen LogP) is 3.36. The predicted molar refractivity (Wildman–Crippen MR) is 115 cm³/mol. The highest BCUT2D eigenvalue weighted by Crippen LogP contribution is 2.24. The number of guanidine groups is 1. The lowest BCUT2D eigenvalue weighted by Gasteiger charge is -2.21. The van der Waals surface area contributed by atoms with Gasteiger partial charge in [-0.3, -0.25) is 9.67 Å². The van der Waals surface area contributed by atoms with Gasteiger partial charge in [-0.2, -0.15) is 5.10 Å². The molecule has 1 aromatic carbocycles. The molecule has 0 saturated carbocycles. The molecule has 0 saturated heterocycles. The van der Waals surface area contributed by atoms with Crippen LogP contribution in [-0.4, -0.2) is 41.5 Å². The molecule has 148 valence electrons. The number of hydrogen-bond acceptors (Lipinski definition) is 3. The maximum absolute atomic E-state index is 5.97. The van der Waals surface area contributed by atoms with Gasteiger partial charge in [0.2, 0.25) is 0 Å². The summed E-state index contributed by atoms with van der Waals surface area (Å²) in [5.41, 5.74) is 3.58. The number of ether oxygens (including phenoxy) is 1. The lowest BCUT2D eigenvalue weighted by molar-refractivity contribution is 0.222. The van der Waals surface area contributed by atoms with E-state index in [1.807, 2.05) is 42.9 Å². The molecule has 7 heteroatoms. The number of halogens is 1. The number of aromatic nitrogens is 2. The second-order valence-corrected chi connectivity index (χ2v) is 7.69. The van der Waals surface area contributed by atoms with Crippen molar-refractivity contribution < 1.29 is 4.74 Å². The van der Waals surface area contributed by atoms with Crippen LogP contribution in [0.5, 0.6) is 5.75 Å². The van der Waals surface area contributed by atoms with E-state index in [-0.39, 0.29) is 12.1 Å². The quantitative estimate of drug-likeness (QED) is 0.516. The molecular weight excluding hydrogens is 406 g/mol. The van der Waals surface area contributed by atoms with E-state index in [0.29, 0.717) is 6.54 Å². The van der Waals surface area contributed by atoms with Crippen LogP contribution in [0.4, 0.5) is 0 Å². The highest BCUT2D eigenvalue weighted by atomic mass is 79.9. The van der Waals surface area contributed by atoms with E-state index in [1.54, 1.807) is 7.05 Å². The Bertz CT molecular complexity index is 787. The largest absolute Gasteiger partial charge is 0.488 e. The minimum Gasteiger partial charge on any atom is -0.488 e. The summed E-state index contributed by atoms with van der Waals surface area (Å²) < 4.78 is 8.86. The second-order valence-electron chi connectivity index (χ2n) is 6.83. The van der Waals surface area contributed by atoms with Crippen LogP contribution in [0.25, 0.3) is 0 Å². The van der Waals surface area contributed by atoms with Crippen molar-refractivity contribution in [3.05, 3.63) is 45.7 Å². The van der Waals surface area contributed by atoms with Crippen LogP contribution in [0.2, 0.25) is 0 Å². The Morgan fingerprint density at radius 3 is 2.59 bits per heavy atom. The molecule has 0 amide bonds. The molecule has 0 bridgehead atoms. The summed E-state index contributed by atoms with van der Waals surface area (Å²) in [4.78, 5) is 4.33. The molecule has 2 unspecified atom stereocenters. The van der Waals surface area contributed by atoms with Crippen LogP contribution >= 0.6 is 15.9 Å². The van der Waals surface area contributed by atoms with Crippen molar-refractivity contribution in [3.63, 3.8) is 0 Å². The smallest absolute Gasteiger partial charge is 0.191 e. The van der Waals surface area contributed by atoms with Crippen molar-refractivity contribution in [2.24, 2.45) is 12.0 Å². The molecule has 27 heavy (non-hydrogen) atoms. The van der Waals surface area contributed by atoms with Crippen molar-refractivity contribution >= 4 is 21.9 Å². The Morgan fingerprint density at radius 2 is 2.00 bits per heavy atom. The third kappa shape index (κ3) is 5.99. The maximum atomic E-state index is 5.97. The molecule has 6 nitrogen and oxygen atoms in total. The van der Waals surface area contributed by atoms with Gasteiger partial charge in [-0.05, 0) is 67.7 Å². The number of nitrogens with one attached hydrogen (secondary N) is 2. The fourth-order valence-corrected chi connectivity index (χ4v) is 3.32. The number of para-hydroxylation sites is 1. The molecule has 0 fully saturated rings. The van der Waals surface area contributed by atoms with Crippen molar-refractivity contribution in [1.29, 1.82) is 0 Å². The Kier molecular flexibility index (Phi) is 7.71. The van der Waals surface area contributed by atoms with E-state index >= 15 is 0 Å². The molecule has 0 spiro atoms. The van der Waals surface area contributed by atoms with E-state index < -0.39 is 0 Å². The molecule has 1 aromatic heterocycles. The minimum absolute atomic E-state index is 0.000341. The molecule has 2 aromatic rings. The van der Waals surface area contributed by atoms with Crippen molar-refractivity contribution in [1.82, 2.24) is 20.4 Å². The molecule has 0 aliphatic heterocycles. The Balaban J connectivity index is 1.85. The molecule has 2 rings (SSSR count). The fourth-order valence-electron chi connectivity index (χ4n) is 2.94. The SMILES string of the molecule is CN=C(NCC(C)Oc1ccccc1Br)NC(C)Cc1c(C)nn(C)c1C. The number of nitrogens with zero attached hydrogens (tertiary/aromatic N) is 3. The van der Waals surface area contributed by atoms with Gasteiger partial charge < -0.3 is 15.4 Å². The summed E-state index contributed by atoms with van der Waals surface area (Å²) in [6, 6.07) is 8.09. The van der Waals surface area contributed by atoms with Gasteiger partial charge in [-0.1, -0.05) is 12.1 Å². The minimum atomic E-state index is 0.000341. The molecule has 0 aliphatic carbocycles. The van der Waals surface area contributed by atoms with Crippen molar-refractivity contribution in [2.45, 2.75) is 46.3 Å². The zero-order chi connectivity index (χ0) is 20.0. The van der Waals surface area contributed by atoms with E-state index in [4.69, 9.17) is 4.74 Å². The average molecular weight is 436 g/mol. The molecular formula is C20H30BrN5O. The number of benzene rings is 1. The van der Waals surface area contributed by atoms with Crippen LogP contribution in [0.1, 0.15) is 30.8 Å². The Hall–Kier alpha value is -2.02. The zero-order valence-corrected chi connectivity index (χ0v) is 18.6. The summed E-state index contributed by atoms with van der Waals surface area (Å²) >= 11 is 3.51. The third-order valence-corrected chi connectivity index (χ3v) is 5.15. The van der Waals surface area contributed by atoms with Gasteiger partial charge in [0.15, 0.2) is 5.96 Å². The molecule has 1 heterocycles. The summed E-state index contributed by atoms with van der Waals surface area (Å²) in [5, 5.41) is 11.3. The summed E-state index contributed by atoms with van der Waals surface area (Å²) in [5.74, 6) is 1.61. The molecule has 0 aliphatic rings. The van der Waals surface area contributed by atoms with Gasteiger partial charge in [-0.25, -0.2) is 0 Å². The van der Waals surface area contributed by atoms with Crippen LogP contribution < -0.4 is 15.4 Å². The van der Waals surface area contributed by atoms with Gasteiger partial charge in [0.1, 0.15) is 11.9 Å². The van der Waals surface area contributed by atoms with E-state index in [2.05, 4.69) is 57.4 Å². The lowest BCUT2D eigenvalue weighted by Crippen LogP contribution is -2.45. The number of aryl methyl sites for hydroxylation is 2.